The van der Waals surface area contributed by atoms with Gasteiger partial charge >= 0.3 is 0 Å². The molecule has 0 aliphatic rings. The van der Waals surface area contributed by atoms with E-state index >= 15 is 0 Å². The zero-order valence-corrected chi connectivity index (χ0v) is 7.74. The van der Waals surface area contributed by atoms with Gasteiger partial charge in [-0.1, -0.05) is 0 Å². The van der Waals surface area contributed by atoms with Gasteiger partial charge in [0.05, 0.1) is 11.5 Å². The van der Waals surface area contributed by atoms with E-state index in [9.17, 15) is 0 Å². The van der Waals surface area contributed by atoms with Crippen molar-refractivity contribution in [2.45, 2.75) is 31.7 Å². The van der Waals surface area contributed by atoms with E-state index in [1.54, 1.807) is 11.8 Å². The molecule has 2 atom stereocenters. The fourth-order valence-electron chi connectivity index (χ4n) is 0.579. The quantitative estimate of drug-likeness (QED) is 0.594. The van der Waals surface area contributed by atoms with E-state index < -0.39 is 0 Å². The van der Waals surface area contributed by atoms with Gasteiger partial charge in [-0.15, -0.1) is 11.8 Å². The van der Waals surface area contributed by atoms with Gasteiger partial charge in [-0.2, -0.15) is 0 Å². The first kappa shape index (κ1) is 10.3. The Hall–Kier alpha value is 0.270. The van der Waals surface area contributed by atoms with Crippen molar-refractivity contribution in [2.24, 2.45) is 0 Å². The Bertz CT molecular complexity index is 78.0. The molecule has 0 bridgehead atoms. The second kappa shape index (κ2) is 6.01. The van der Waals surface area contributed by atoms with E-state index in [1.807, 2.05) is 6.92 Å². The first-order chi connectivity index (χ1) is 4.66. The van der Waals surface area contributed by atoms with E-state index in [-0.39, 0.29) is 6.10 Å². The maximum absolute atomic E-state index is 8.89. The van der Waals surface area contributed by atoms with E-state index in [0.29, 0.717) is 5.37 Å². The van der Waals surface area contributed by atoms with Crippen LogP contribution in [0.3, 0.4) is 0 Å². The fraction of sp³-hybridized carbons (Fsp3) is 1.00. The van der Waals surface area contributed by atoms with Crippen LogP contribution in [0.5, 0.6) is 0 Å². The highest BCUT2D eigenvalue weighted by molar-refractivity contribution is 7.99. The van der Waals surface area contributed by atoms with Gasteiger partial charge in [0, 0.05) is 0 Å². The number of nitrogens with one attached hydrogen (secondary N) is 1. The maximum atomic E-state index is 8.89. The van der Waals surface area contributed by atoms with Crippen LogP contribution >= 0.6 is 11.8 Å². The smallest absolute Gasteiger partial charge is 0.0524 e. The molecular weight excluding hydrogens is 146 g/mol. The Morgan fingerprint density at radius 3 is 2.50 bits per heavy atom. The van der Waals surface area contributed by atoms with Crippen molar-refractivity contribution in [1.29, 1.82) is 0 Å². The molecule has 0 saturated heterocycles. The van der Waals surface area contributed by atoms with Crippen LogP contribution in [0.2, 0.25) is 0 Å². The Kier molecular flexibility index (Phi) is 6.17. The summed E-state index contributed by atoms with van der Waals surface area (Å²) in [4.78, 5) is 0. The highest BCUT2D eigenvalue weighted by Crippen LogP contribution is 2.00. The first-order valence-corrected chi connectivity index (χ1v) is 4.90. The van der Waals surface area contributed by atoms with Crippen molar-refractivity contribution >= 4 is 11.8 Å². The molecule has 0 aromatic carbocycles. The molecule has 2 nitrogen and oxygen atoms in total. The summed E-state index contributed by atoms with van der Waals surface area (Å²) >= 11 is 1.78. The van der Waals surface area contributed by atoms with Gasteiger partial charge in [0.1, 0.15) is 0 Å². The number of hydrogen-bond acceptors (Lipinski definition) is 3. The van der Waals surface area contributed by atoms with Crippen molar-refractivity contribution < 1.29 is 5.11 Å². The summed E-state index contributed by atoms with van der Waals surface area (Å²) in [5.41, 5.74) is 0. The van der Waals surface area contributed by atoms with Crippen LogP contribution in [-0.2, 0) is 0 Å². The highest BCUT2D eigenvalue weighted by Gasteiger charge is 1.98. The summed E-state index contributed by atoms with van der Waals surface area (Å²) in [6.45, 7) is 4.83. The molecule has 3 heteroatoms. The lowest BCUT2D eigenvalue weighted by atomic mass is 10.3. The Balaban J connectivity index is 3.03. The standard InChI is InChI=1S/C7H17NOS/c1-6(9)4-5-8-7(2)10-3/h6-9H,4-5H2,1-3H3. The zero-order valence-electron chi connectivity index (χ0n) is 6.92. The van der Waals surface area contributed by atoms with Crippen LogP contribution in [0.1, 0.15) is 20.3 Å². The molecule has 0 amide bonds. The molecule has 62 valence electrons. The molecule has 0 aliphatic carbocycles. The van der Waals surface area contributed by atoms with E-state index in [4.69, 9.17) is 5.11 Å². The van der Waals surface area contributed by atoms with Gasteiger partial charge in [-0.05, 0) is 33.1 Å². The normalized spacial score (nSPS) is 16.8. The number of aliphatic hydroxyl groups excluding tert-OH is 1. The van der Waals surface area contributed by atoms with Crippen LogP contribution in [0.25, 0.3) is 0 Å². The van der Waals surface area contributed by atoms with Crippen molar-refractivity contribution in [3.63, 3.8) is 0 Å². The van der Waals surface area contributed by atoms with Gasteiger partial charge in [0.25, 0.3) is 0 Å². The summed E-state index contributed by atoms with van der Waals surface area (Å²) in [6, 6.07) is 0. The van der Waals surface area contributed by atoms with Crippen molar-refractivity contribution in [2.75, 3.05) is 12.8 Å². The SMILES string of the molecule is CSC(C)NCCC(C)O. The molecule has 0 aromatic heterocycles. The summed E-state index contributed by atoms with van der Waals surface area (Å²) in [7, 11) is 0. The van der Waals surface area contributed by atoms with Gasteiger partial charge < -0.3 is 10.4 Å². The molecule has 0 aliphatic heterocycles. The summed E-state index contributed by atoms with van der Waals surface area (Å²) in [6.07, 6.45) is 2.73. The Labute approximate surface area is 67.4 Å². The van der Waals surface area contributed by atoms with E-state index in [1.165, 1.54) is 0 Å². The molecule has 0 saturated carbocycles. The molecule has 10 heavy (non-hydrogen) atoms. The molecule has 0 rings (SSSR count). The molecule has 0 aromatic rings. The number of hydrogen-bond donors (Lipinski definition) is 2. The average Bonchev–Trinajstić information content (AvgIpc) is 1.87. The van der Waals surface area contributed by atoms with Crippen LogP contribution in [-0.4, -0.2) is 29.4 Å². The summed E-state index contributed by atoms with van der Waals surface area (Å²) in [5, 5.41) is 12.7. The lowest BCUT2D eigenvalue weighted by molar-refractivity contribution is 0.184. The molecule has 0 fully saturated rings. The molecule has 0 spiro atoms. The average molecular weight is 163 g/mol. The lowest BCUT2D eigenvalue weighted by Crippen LogP contribution is -2.25. The molecule has 2 N–H and O–H groups in total. The number of rotatable bonds is 5. The van der Waals surface area contributed by atoms with Gasteiger partial charge in [0.2, 0.25) is 0 Å². The minimum atomic E-state index is -0.179. The number of aliphatic hydroxyl groups is 1. The third-order valence-corrected chi connectivity index (χ3v) is 2.22. The number of thioether (sulfide) groups is 1. The van der Waals surface area contributed by atoms with Gasteiger partial charge in [-0.25, -0.2) is 0 Å². The Morgan fingerprint density at radius 1 is 1.50 bits per heavy atom. The largest absolute Gasteiger partial charge is 0.393 e. The highest BCUT2D eigenvalue weighted by atomic mass is 32.2. The van der Waals surface area contributed by atoms with E-state index in [2.05, 4.69) is 18.5 Å². The van der Waals surface area contributed by atoms with Crippen molar-refractivity contribution in [1.82, 2.24) is 5.32 Å². The van der Waals surface area contributed by atoms with Crippen LogP contribution in [0.15, 0.2) is 0 Å². The van der Waals surface area contributed by atoms with Crippen LogP contribution in [0, 0.1) is 0 Å². The minimum Gasteiger partial charge on any atom is -0.393 e. The third-order valence-electron chi connectivity index (χ3n) is 1.35. The van der Waals surface area contributed by atoms with Crippen LogP contribution in [0.4, 0.5) is 0 Å². The van der Waals surface area contributed by atoms with Gasteiger partial charge in [-0.3, -0.25) is 0 Å². The molecular formula is C7H17NOS. The topological polar surface area (TPSA) is 32.3 Å². The fourth-order valence-corrected chi connectivity index (χ4v) is 0.863. The Morgan fingerprint density at radius 2 is 2.10 bits per heavy atom. The van der Waals surface area contributed by atoms with Crippen molar-refractivity contribution in [3.05, 3.63) is 0 Å². The molecule has 0 heterocycles. The minimum absolute atomic E-state index is 0.179. The maximum Gasteiger partial charge on any atom is 0.0524 e. The first-order valence-electron chi connectivity index (χ1n) is 3.61. The predicted octanol–water partition coefficient (Wildman–Crippen LogP) is 1.06. The van der Waals surface area contributed by atoms with Crippen molar-refractivity contribution in [3.8, 4) is 0 Å². The lowest BCUT2D eigenvalue weighted by Gasteiger charge is -2.11. The summed E-state index contributed by atoms with van der Waals surface area (Å²) in [5.74, 6) is 0. The van der Waals surface area contributed by atoms with E-state index in [0.717, 1.165) is 13.0 Å². The third kappa shape index (κ3) is 6.39. The molecule has 2 unspecified atom stereocenters. The second-order valence-electron chi connectivity index (χ2n) is 2.47. The predicted molar refractivity (Wildman–Crippen MR) is 47.3 cm³/mol. The second-order valence-corrected chi connectivity index (χ2v) is 3.65. The zero-order chi connectivity index (χ0) is 7.98. The molecule has 0 radical (unpaired) electrons. The summed E-state index contributed by atoms with van der Waals surface area (Å²) < 4.78 is 0. The monoisotopic (exact) mass is 163 g/mol. The van der Waals surface area contributed by atoms with Crippen LogP contribution < -0.4 is 5.32 Å². The van der Waals surface area contributed by atoms with Gasteiger partial charge in [0.15, 0.2) is 0 Å².